The van der Waals surface area contributed by atoms with Crippen LogP contribution in [0.5, 0.6) is 0 Å². The second-order valence-corrected chi connectivity index (χ2v) is 5.05. The van der Waals surface area contributed by atoms with E-state index in [1.807, 2.05) is 0 Å². The molecular formula is C11H15N2S2+. The summed E-state index contributed by atoms with van der Waals surface area (Å²) in [5, 5.41) is 6.92. The van der Waals surface area contributed by atoms with Gasteiger partial charge in [-0.15, -0.1) is 0 Å². The van der Waals surface area contributed by atoms with Crippen molar-refractivity contribution in [3.8, 4) is 0 Å². The van der Waals surface area contributed by atoms with Crippen molar-refractivity contribution < 1.29 is 4.57 Å². The zero-order valence-corrected chi connectivity index (χ0v) is 10.6. The lowest BCUT2D eigenvalue weighted by atomic mass is 10.5. The summed E-state index contributed by atoms with van der Waals surface area (Å²) in [6, 6.07) is 0. The first-order valence-corrected chi connectivity index (χ1v) is 6.89. The fourth-order valence-electron chi connectivity index (χ4n) is 1.49. The maximum atomic E-state index is 2.27. The number of nitrogens with zero attached hydrogens (tertiary/aromatic N) is 2. The van der Waals surface area contributed by atoms with Gasteiger partial charge in [-0.1, -0.05) is 23.1 Å². The third kappa shape index (κ3) is 2.26. The van der Waals surface area contributed by atoms with Crippen LogP contribution in [0.15, 0.2) is 28.2 Å². The Labute approximate surface area is 98.9 Å². The zero-order chi connectivity index (χ0) is 10.7. The summed E-state index contributed by atoms with van der Waals surface area (Å²) in [7, 11) is 0. The highest BCUT2D eigenvalue weighted by Crippen LogP contribution is 2.30. The number of thioether (sulfide) groups is 1. The molecule has 0 saturated carbocycles. The van der Waals surface area contributed by atoms with E-state index in [4.69, 9.17) is 0 Å². The van der Waals surface area contributed by atoms with Gasteiger partial charge in [0.25, 0.3) is 5.01 Å². The molecule has 0 bridgehead atoms. The standard InChI is InChI=1S/C11H15N2S2/c1-3-12-5-7-14-10(12)9-11-13(4-2)6-8-15-11/h5-9H,3-4H2,1-2H3/q+1. The molecule has 0 atom stereocenters. The molecular weight excluding hydrogens is 224 g/mol. The quantitative estimate of drug-likeness (QED) is 0.749. The van der Waals surface area contributed by atoms with Gasteiger partial charge in [0.15, 0.2) is 6.20 Å². The average molecular weight is 239 g/mol. The smallest absolute Gasteiger partial charge is 0.264 e. The fraction of sp³-hybridized carbons (Fsp3) is 0.364. The first-order valence-electron chi connectivity index (χ1n) is 5.13. The number of hydrogen-bond acceptors (Lipinski definition) is 3. The van der Waals surface area contributed by atoms with Crippen molar-refractivity contribution >= 4 is 29.2 Å². The highest BCUT2D eigenvalue weighted by atomic mass is 32.2. The molecule has 2 heterocycles. The summed E-state index contributed by atoms with van der Waals surface area (Å²) in [6.07, 6.45) is 6.54. The lowest BCUT2D eigenvalue weighted by molar-refractivity contribution is -0.690. The number of rotatable bonds is 3. The molecule has 0 saturated heterocycles. The topological polar surface area (TPSA) is 7.12 Å². The molecule has 0 radical (unpaired) electrons. The van der Waals surface area contributed by atoms with Crippen molar-refractivity contribution in [2.45, 2.75) is 20.4 Å². The Hall–Kier alpha value is -0.740. The lowest BCUT2D eigenvalue weighted by Crippen LogP contribution is -2.32. The number of hydrogen-bond donors (Lipinski definition) is 0. The summed E-state index contributed by atoms with van der Waals surface area (Å²) >= 11 is 3.58. The normalized spacial score (nSPS) is 18.0. The van der Waals surface area contributed by atoms with Gasteiger partial charge < -0.3 is 4.90 Å². The van der Waals surface area contributed by atoms with Gasteiger partial charge in [-0.2, -0.15) is 4.57 Å². The van der Waals surface area contributed by atoms with E-state index in [0.717, 1.165) is 13.1 Å². The summed E-state index contributed by atoms with van der Waals surface area (Å²) in [6.45, 7) is 6.42. The number of aryl methyl sites for hydroxylation is 1. The van der Waals surface area contributed by atoms with Crippen LogP contribution >= 0.6 is 23.1 Å². The van der Waals surface area contributed by atoms with Gasteiger partial charge in [0.05, 0.1) is 16.5 Å². The van der Waals surface area contributed by atoms with Gasteiger partial charge in [-0.25, -0.2) is 0 Å². The van der Waals surface area contributed by atoms with Crippen molar-refractivity contribution in [3.05, 3.63) is 33.2 Å². The fourth-order valence-corrected chi connectivity index (χ4v) is 3.27. The SMILES string of the molecule is CCN1C=CSC1=Cc1scc[n+]1CC. The molecule has 0 aromatic carbocycles. The second kappa shape index (κ2) is 4.86. The van der Waals surface area contributed by atoms with Crippen LogP contribution < -0.4 is 4.57 Å². The molecule has 0 amide bonds. The van der Waals surface area contributed by atoms with Gasteiger partial charge in [-0.3, -0.25) is 0 Å². The molecule has 0 spiro atoms. The third-order valence-electron chi connectivity index (χ3n) is 2.35. The van der Waals surface area contributed by atoms with Crippen LogP contribution in [0.4, 0.5) is 0 Å². The van der Waals surface area contributed by atoms with Crippen LogP contribution in [0.3, 0.4) is 0 Å². The summed E-state index contributed by atoms with van der Waals surface area (Å²) in [4.78, 5) is 2.27. The van der Waals surface area contributed by atoms with Crippen LogP contribution in [0.25, 0.3) is 6.08 Å². The average Bonchev–Trinajstić information content (AvgIpc) is 2.87. The molecule has 15 heavy (non-hydrogen) atoms. The van der Waals surface area contributed by atoms with Crippen LogP contribution in [-0.4, -0.2) is 11.4 Å². The second-order valence-electron chi connectivity index (χ2n) is 3.20. The highest BCUT2D eigenvalue weighted by molar-refractivity contribution is 8.06. The minimum atomic E-state index is 1.03. The monoisotopic (exact) mass is 239 g/mol. The van der Waals surface area contributed by atoms with Gasteiger partial charge in [0.1, 0.15) is 6.54 Å². The molecule has 1 aliphatic rings. The molecule has 80 valence electrons. The Kier molecular flexibility index (Phi) is 3.49. The van der Waals surface area contributed by atoms with Gasteiger partial charge in [0.2, 0.25) is 0 Å². The van der Waals surface area contributed by atoms with E-state index in [1.54, 1.807) is 23.1 Å². The van der Waals surface area contributed by atoms with Gasteiger partial charge in [-0.05, 0) is 19.3 Å². The molecule has 1 aliphatic heterocycles. The molecule has 1 aromatic rings. The number of thiazole rings is 1. The lowest BCUT2D eigenvalue weighted by Gasteiger charge is -2.13. The van der Waals surface area contributed by atoms with Crippen LogP contribution in [0.2, 0.25) is 0 Å². The van der Waals surface area contributed by atoms with Crippen molar-refractivity contribution in [1.29, 1.82) is 0 Å². The maximum absolute atomic E-state index is 2.27. The molecule has 4 heteroatoms. The predicted octanol–water partition coefficient (Wildman–Crippen LogP) is 2.89. The summed E-state index contributed by atoms with van der Waals surface area (Å²) in [5.74, 6) is 0. The van der Waals surface area contributed by atoms with Crippen molar-refractivity contribution in [2.24, 2.45) is 0 Å². The predicted molar refractivity (Wildman–Crippen MR) is 67.3 cm³/mol. The van der Waals surface area contributed by atoms with Crippen molar-refractivity contribution in [3.63, 3.8) is 0 Å². The summed E-state index contributed by atoms with van der Waals surface area (Å²) in [5.41, 5.74) is 0. The van der Waals surface area contributed by atoms with E-state index < -0.39 is 0 Å². The molecule has 2 rings (SSSR count). The minimum absolute atomic E-state index is 1.03. The Morgan fingerprint density at radius 2 is 2.33 bits per heavy atom. The van der Waals surface area contributed by atoms with Gasteiger partial charge >= 0.3 is 0 Å². The third-order valence-corrected chi connectivity index (χ3v) is 4.06. The van der Waals surface area contributed by atoms with E-state index in [2.05, 4.69) is 52.6 Å². The molecule has 0 unspecified atom stereocenters. The maximum Gasteiger partial charge on any atom is 0.264 e. The van der Waals surface area contributed by atoms with Crippen LogP contribution in [0, 0.1) is 0 Å². The summed E-state index contributed by atoms with van der Waals surface area (Å²) < 4.78 is 2.27. The van der Waals surface area contributed by atoms with Gasteiger partial charge in [0, 0.05) is 12.7 Å². The van der Waals surface area contributed by atoms with Crippen LogP contribution in [-0.2, 0) is 6.54 Å². The van der Waals surface area contributed by atoms with Crippen LogP contribution in [0.1, 0.15) is 18.9 Å². The van der Waals surface area contributed by atoms with E-state index in [9.17, 15) is 0 Å². The van der Waals surface area contributed by atoms with E-state index in [-0.39, 0.29) is 0 Å². The first-order chi connectivity index (χ1) is 7.35. The largest absolute Gasteiger partial charge is 0.342 e. The molecule has 0 N–H and O–H groups in total. The van der Waals surface area contributed by atoms with E-state index in [1.165, 1.54) is 10.0 Å². The zero-order valence-electron chi connectivity index (χ0n) is 9.01. The molecule has 1 aromatic heterocycles. The van der Waals surface area contributed by atoms with E-state index >= 15 is 0 Å². The Balaban J connectivity index is 2.23. The van der Waals surface area contributed by atoms with E-state index in [0.29, 0.717) is 0 Å². The highest BCUT2D eigenvalue weighted by Gasteiger charge is 2.14. The minimum Gasteiger partial charge on any atom is -0.342 e. The number of aromatic nitrogens is 1. The van der Waals surface area contributed by atoms with Crippen molar-refractivity contribution in [1.82, 2.24) is 4.90 Å². The molecule has 0 fully saturated rings. The Morgan fingerprint density at radius 1 is 1.47 bits per heavy atom. The Morgan fingerprint density at radius 3 is 3.07 bits per heavy atom. The first kappa shape index (κ1) is 10.8. The van der Waals surface area contributed by atoms with Crippen molar-refractivity contribution in [2.75, 3.05) is 6.54 Å². The molecule has 2 nitrogen and oxygen atoms in total. The Bertz CT molecular complexity index is 393. The molecule has 0 aliphatic carbocycles.